The molecule has 0 aliphatic carbocycles. The molecule has 4 N–H and O–H groups in total. The lowest BCUT2D eigenvalue weighted by Crippen LogP contribution is -2.23. The molecule has 0 saturated carbocycles. The summed E-state index contributed by atoms with van der Waals surface area (Å²) in [4.78, 5) is 0. The van der Waals surface area contributed by atoms with E-state index >= 15 is 0 Å². The van der Waals surface area contributed by atoms with Crippen LogP contribution in [-0.4, -0.2) is 34.7 Å². The molecule has 2 unspecified atom stereocenters. The number of nitrogens with one attached hydrogen (secondary N) is 1. The van der Waals surface area contributed by atoms with E-state index in [1.807, 2.05) is 12.4 Å². The van der Waals surface area contributed by atoms with Gasteiger partial charge >= 0.3 is 0 Å². The quantitative estimate of drug-likeness (QED) is 0.392. The van der Waals surface area contributed by atoms with Gasteiger partial charge < -0.3 is 15.4 Å². The highest BCUT2D eigenvalue weighted by atomic mass is 16.5. The highest BCUT2D eigenvalue weighted by molar-refractivity contribution is 4.60. The Hall–Kier alpha value is -0.160. The normalized spacial score (nSPS) is 16.8. The standard InChI is InChI=1S/C6H15NO3/c1-5(3-7-10)2-6(9)4-8/h5-10H,2-4H2,1H3. The Balaban J connectivity index is 3.27. The van der Waals surface area contributed by atoms with Crippen LogP contribution in [0.1, 0.15) is 13.3 Å². The molecule has 0 aliphatic rings. The van der Waals surface area contributed by atoms with Gasteiger partial charge in [0.15, 0.2) is 0 Å². The van der Waals surface area contributed by atoms with Crippen LogP contribution in [-0.2, 0) is 0 Å². The molecular weight excluding hydrogens is 134 g/mol. The summed E-state index contributed by atoms with van der Waals surface area (Å²) < 4.78 is 0. The molecule has 10 heavy (non-hydrogen) atoms. The molecule has 2 atom stereocenters. The van der Waals surface area contributed by atoms with Crippen LogP contribution >= 0.6 is 0 Å². The maximum atomic E-state index is 8.90. The summed E-state index contributed by atoms with van der Waals surface area (Å²) in [7, 11) is 0. The first-order chi connectivity index (χ1) is 4.70. The molecule has 0 radical (unpaired) electrons. The van der Waals surface area contributed by atoms with Crippen molar-refractivity contribution in [2.75, 3.05) is 13.2 Å². The van der Waals surface area contributed by atoms with Gasteiger partial charge in [-0.25, -0.2) is 5.48 Å². The van der Waals surface area contributed by atoms with Crippen LogP contribution in [0, 0.1) is 5.92 Å². The summed E-state index contributed by atoms with van der Waals surface area (Å²) in [6.07, 6.45) is -0.160. The Morgan fingerprint density at radius 2 is 2.10 bits per heavy atom. The third-order valence-corrected chi connectivity index (χ3v) is 1.32. The van der Waals surface area contributed by atoms with E-state index in [2.05, 4.69) is 0 Å². The molecule has 0 saturated heterocycles. The van der Waals surface area contributed by atoms with E-state index in [1.165, 1.54) is 0 Å². The zero-order valence-electron chi connectivity index (χ0n) is 6.12. The Morgan fingerprint density at radius 1 is 1.50 bits per heavy atom. The van der Waals surface area contributed by atoms with Gasteiger partial charge in [0.05, 0.1) is 12.7 Å². The molecular formula is C6H15NO3. The monoisotopic (exact) mass is 149 g/mol. The number of hydrogen-bond acceptors (Lipinski definition) is 4. The first-order valence-corrected chi connectivity index (χ1v) is 3.36. The van der Waals surface area contributed by atoms with E-state index in [4.69, 9.17) is 15.4 Å². The van der Waals surface area contributed by atoms with E-state index in [-0.39, 0.29) is 12.5 Å². The molecule has 0 aromatic rings. The van der Waals surface area contributed by atoms with Gasteiger partial charge in [0.25, 0.3) is 0 Å². The van der Waals surface area contributed by atoms with E-state index in [0.29, 0.717) is 13.0 Å². The van der Waals surface area contributed by atoms with Crippen LogP contribution < -0.4 is 5.48 Å². The number of aliphatic hydroxyl groups is 2. The smallest absolute Gasteiger partial charge is 0.0774 e. The molecule has 62 valence electrons. The van der Waals surface area contributed by atoms with Gasteiger partial charge in [-0.2, -0.15) is 0 Å². The lowest BCUT2D eigenvalue weighted by atomic mass is 10.0. The van der Waals surface area contributed by atoms with Crippen LogP contribution in [0.15, 0.2) is 0 Å². The molecule has 0 bridgehead atoms. The van der Waals surface area contributed by atoms with Crippen molar-refractivity contribution in [3.63, 3.8) is 0 Å². The second-order valence-corrected chi connectivity index (χ2v) is 2.54. The minimum absolute atomic E-state index is 0.173. The van der Waals surface area contributed by atoms with E-state index < -0.39 is 6.10 Å². The zero-order chi connectivity index (χ0) is 7.98. The van der Waals surface area contributed by atoms with Crippen LogP contribution in [0.5, 0.6) is 0 Å². The molecule has 4 heteroatoms. The third-order valence-electron chi connectivity index (χ3n) is 1.32. The van der Waals surface area contributed by atoms with E-state index in [1.54, 1.807) is 0 Å². The largest absolute Gasteiger partial charge is 0.394 e. The highest BCUT2D eigenvalue weighted by Gasteiger charge is 2.07. The van der Waals surface area contributed by atoms with Crippen LogP contribution in [0.2, 0.25) is 0 Å². The Bertz CT molecular complexity index is 79.4. The van der Waals surface area contributed by atoms with Crippen LogP contribution in [0.3, 0.4) is 0 Å². The molecule has 0 fully saturated rings. The van der Waals surface area contributed by atoms with Crippen LogP contribution in [0.25, 0.3) is 0 Å². The second-order valence-electron chi connectivity index (χ2n) is 2.54. The molecule has 4 nitrogen and oxygen atoms in total. The van der Waals surface area contributed by atoms with Gasteiger partial charge in [0.1, 0.15) is 0 Å². The molecule has 0 rings (SSSR count). The second kappa shape index (κ2) is 5.61. The van der Waals surface area contributed by atoms with Crippen molar-refractivity contribution in [2.45, 2.75) is 19.4 Å². The Labute approximate surface area is 60.5 Å². The number of rotatable bonds is 5. The van der Waals surface area contributed by atoms with Gasteiger partial charge in [0.2, 0.25) is 0 Å². The van der Waals surface area contributed by atoms with Gasteiger partial charge in [-0.3, -0.25) is 0 Å². The minimum atomic E-state index is -0.664. The van der Waals surface area contributed by atoms with Crippen molar-refractivity contribution >= 4 is 0 Å². The fraction of sp³-hybridized carbons (Fsp3) is 1.00. The zero-order valence-corrected chi connectivity index (χ0v) is 6.12. The first kappa shape index (κ1) is 9.84. The topological polar surface area (TPSA) is 72.7 Å². The van der Waals surface area contributed by atoms with Crippen molar-refractivity contribution < 1.29 is 15.4 Å². The number of hydrogen-bond donors (Lipinski definition) is 4. The molecule has 0 aliphatic heterocycles. The van der Waals surface area contributed by atoms with Gasteiger partial charge in [0, 0.05) is 6.54 Å². The molecule has 0 amide bonds. The van der Waals surface area contributed by atoms with Crippen molar-refractivity contribution in [3.8, 4) is 0 Å². The summed E-state index contributed by atoms with van der Waals surface area (Å²) in [5.41, 5.74) is 2.00. The van der Waals surface area contributed by atoms with Gasteiger partial charge in [-0.1, -0.05) is 6.92 Å². The average Bonchev–Trinajstić information content (AvgIpc) is 1.88. The van der Waals surface area contributed by atoms with Gasteiger partial charge in [-0.05, 0) is 12.3 Å². The fourth-order valence-corrected chi connectivity index (χ4v) is 0.778. The third kappa shape index (κ3) is 4.69. The maximum absolute atomic E-state index is 8.90. The van der Waals surface area contributed by atoms with Crippen LogP contribution in [0.4, 0.5) is 0 Å². The van der Waals surface area contributed by atoms with E-state index in [0.717, 1.165) is 0 Å². The SMILES string of the molecule is CC(CNO)CC(O)CO. The van der Waals surface area contributed by atoms with Crippen molar-refractivity contribution in [1.29, 1.82) is 0 Å². The highest BCUT2D eigenvalue weighted by Crippen LogP contribution is 2.03. The van der Waals surface area contributed by atoms with Crippen molar-refractivity contribution in [2.24, 2.45) is 5.92 Å². The van der Waals surface area contributed by atoms with Gasteiger partial charge in [-0.15, -0.1) is 0 Å². The lowest BCUT2D eigenvalue weighted by molar-refractivity contribution is 0.0673. The van der Waals surface area contributed by atoms with Crippen molar-refractivity contribution in [1.82, 2.24) is 5.48 Å². The minimum Gasteiger partial charge on any atom is -0.394 e. The van der Waals surface area contributed by atoms with Crippen molar-refractivity contribution in [3.05, 3.63) is 0 Å². The maximum Gasteiger partial charge on any atom is 0.0774 e. The summed E-state index contributed by atoms with van der Waals surface area (Å²) in [5.74, 6) is 0.173. The summed E-state index contributed by atoms with van der Waals surface area (Å²) in [6.45, 7) is 2.11. The average molecular weight is 149 g/mol. The molecule has 0 heterocycles. The molecule has 0 aromatic heterocycles. The molecule has 0 aromatic carbocycles. The first-order valence-electron chi connectivity index (χ1n) is 3.36. The Kier molecular flexibility index (Phi) is 5.52. The summed E-state index contributed by atoms with van der Waals surface area (Å²) in [6, 6.07) is 0. The molecule has 0 spiro atoms. The fourth-order valence-electron chi connectivity index (χ4n) is 0.778. The predicted molar refractivity (Wildman–Crippen MR) is 36.7 cm³/mol. The lowest BCUT2D eigenvalue weighted by Gasteiger charge is -2.12. The predicted octanol–water partition coefficient (Wildman–Crippen LogP) is -0.655. The van der Waals surface area contributed by atoms with E-state index in [9.17, 15) is 0 Å². The number of aliphatic hydroxyl groups excluding tert-OH is 2. The Morgan fingerprint density at radius 3 is 2.50 bits per heavy atom. The number of hydroxylamine groups is 1. The summed E-state index contributed by atoms with van der Waals surface area (Å²) >= 11 is 0. The summed E-state index contributed by atoms with van der Waals surface area (Å²) in [5, 5.41) is 25.5.